The van der Waals surface area contributed by atoms with Crippen LogP contribution in [-0.4, -0.2) is 5.91 Å². The third kappa shape index (κ3) is 4.14. The third-order valence-corrected chi connectivity index (χ3v) is 3.36. The molecule has 3 aromatic rings. The monoisotopic (exact) mass is 327 g/mol. The molecule has 2 aromatic carbocycles. The topological polar surface area (TPSA) is 51.5 Å². The van der Waals surface area contributed by atoms with Gasteiger partial charge in [-0.2, -0.15) is 0 Å². The summed E-state index contributed by atoms with van der Waals surface area (Å²) in [6.07, 6.45) is 0. The van der Waals surface area contributed by atoms with Gasteiger partial charge in [-0.15, -0.1) is 0 Å². The largest absolute Gasteiger partial charge is 0.486 e. The average Bonchev–Trinajstić information content (AvgIpc) is 3.05. The fourth-order valence-electron chi connectivity index (χ4n) is 1.97. The predicted molar refractivity (Wildman–Crippen MR) is 88.9 cm³/mol. The normalized spacial score (nSPS) is 10.3. The summed E-state index contributed by atoms with van der Waals surface area (Å²) in [6.45, 7) is 0.262. The van der Waals surface area contributed by atoms with Gasteiger partial charge in [0.2, 0.25) is 0 Å². The quantitative estimate of drug-likeness (QED) is 0.734. The molecular weight excluding hydrogens is 314 g/mol. The molecule has 0 bridgehead atoms. The van der Waals surface area contributed by atoms with Gasteiger partial charge in [-0.1, -0.05) is 29.8 Å². The zero-order chi connectivity index (χ0) is 16.1. The summed E-state index contributed by atoms with van der Waals surface area (Å²) in [4.78, 5) is 12.1. The van der Waals surface area contributed by atoms with Crippen molar-refractivity contribution in [3.05, 3.63) is 83.3 Å². The Kier molecular flexibility index (Phi) is 4.64. The molecule has 0 spiro atoms. The van der Waals surface area contributed by atoms with Gasteiger partial charge < -0.3 is 14.5 Å². The Morgan fingerprint density at radius 3 is 2.48 bits per heavy atom. The summed E-state index contributed by atoms with van der Waals surface area (Å²) < 4.78 is 11.1. The van der Waals surface area contributed by atoms with Crippen molar-refractivity contribution in [1.29, 1.82) is 0 Å². The summed E-state index contributed by atoms with van der Waals surface area (Å²) in [5.74, 6) is 1.23. The maximum Gasteiger partial charge on any atom is 0.291 e. The SMILES string of the molecule is O=C(Nc1ccc(Cl)cc1)c1ccc(COc2ccccc2)o1. The molecule has 0 aliphatic heterocycles. The van der Waals surface area contributed by atoms with Crippen LogP contribution in [0.3, 0.4) is 0 Å². The summed E-state index contributed by atoms with van der Waals surface area (Å²) >= 11 is 5.81. The number of carbonyl (C=O) groups is 1. The first-order valence-electron chi connectivity index (χ1n) is 7.04. The van der Waals surface area contributed by atoms with E-state index in [-0.39, 0.29) is 18.3 Å². The molecule has 1 aromatic heterocycles. The molecule has 1 amide bonds. The van der Waals surface area contributed by atoms with E-state index in [1.54, 1.807) is 36.4 Å². The summed E-state index contributed by atoms with van der Waals surface area (Å²) in [6, 6.07) is 19.6. The standard InChI is InChI=1S/C18H14ClNO3/c19-13-6-8-14(9-7-13)20-18(21)17-11-10-16(23-17)12-22-15-4-2-1-3-5-15/h1-11H,12H2,(H,20,21). The van der Waals surface area contributed by atoms with Crippen LogP contribution in [0.4, 0.5) is 5.69 Å². The number of para-hydroxylation sites is 1. The number of hydrogen-bond donors (Lipinski definition) is 1. The van der Waals surface area contributed by atoms with E-state index in [1.807, 2.05) is 30.3 Å². The Hall–Kier alpha value is -2.72. The predicted octanol–water partition coefficient (Wildman–Crippen LogP) is 4.76. The number of benzene rings is 2. The lowest BCUT2D eigenvalue weighted by atomic mass is 10.3. The van der Waals surface area contributed by atoms with Crippen LogP contribution < -0.4 is 10.1 Å². The molecule has 0 aliphatic rings. The van der Waals surface area contributed by atoms with Gasteiger partial charge in [0, 0.05) is 10.7 Å². The van der Waals surface area contributed by atoms with Crippen LogP contribution in [0.25, 0.3) is 0 Å². The second kappa shape index (κ2) is 7.03. The number of rotatable bonds is 5. The number of nitrogens with one attached hydrogen (secondary N) is 1. The zero-order valence-electron chi connectivity index (χ0n) is 12.2. The van der Waals surface area contributed by atoms with Crippen LogP contribution in [0.2, 0.25) is 5.02 Å². The molecule has 0 atom stereocenters. The number of hydrogen-bond acceptors (Lipinski definition) is 3. The van der Waals surface area contributed by atoms with Crippen LogP contribution >= 0.6 is 11.6 Å². The highest BCUT2D eigenvalue weighted by Crippen LogP contribution is 2.17. The lowest BCUT2D eigenvalue weighted by Gasteiger charge is -2.04. The molecule has 0 saturated carbocycles. The Bertz CT molecular complexity index is 782. The van der Waals surface area contributed by atoms with Crippen molar-refractivity contribution >= 4 is 23.2 Å². The highest BCUT2D eigenvalue weighted by Gasteiger charge is 2.12. The van der Waals surface area contributed by atoms with Crippen molar-refractivity contribution < 1.29 is 13.9 Å². The Balaban J connectivity index is 1.59. The van der Waals surface area contributed by atoms with Gasteiger partial charge in [0.25, 0.3) is 5.91 Å². The first-order valence-corrected chi connectivity index (χ1v) is 7.42. The molecule has 0 aliphatic carbocycles. The Morgan fingerprint density at radius 1 is 1.00 bits per heavy atom. The molecule has 1 heterocycles. The molecule has 116 valence electrons. The molecule has 1 N–H and O–H groups in total. The van der Waals surface area contributed by atoms with Crippen molar-refractivity contribution in [1.82, 2.24) is 0 Å². The van der Waals surface area contributed by atoms with Crippen molar-refractivity contribution in [3.8, 4) is 5.75 Å². The van der Waals surface area contributed by atoms with Crippen LogP contribution in [0.1, 0.15) is 16.3 Å². The number of amides is 1. The number of furan rings is 1. The van der Waals surface area contributed by atoms with Gasteiger partial charge in [-0.05, 0) is 48.5 Å². The van der Waals surface area contributed by atoms with E-state index in [0.29, 0.717) is 16.5 Å². The molecule has 0 fully saturated rings. The van der Waals surface area contributed by atoms with Gasteiger partial charge in [0.1, 0.15) is 18.1 Å². The first kappa shape index (κ1) is 15.2. The van der Waals surface area contributed by atoms with Crippen LogP contribution in [0, 0.1) is 0 Å². The molecular formula is C18H14ClNO3. The summed E-state index contributed by atoms with van der Waals surface area (Å²) in [7, 11) is 0. The molecule has 5 heteroatoms. The minimum atomic E-state index is -0.321. The second-order valence-electron chi connectivity index (χ2n) is 4.83. The van der Waals surface area contributed by atoms with Crippen molar-refractivity contribution in [2.75, 3.05) is 5.32 Å². The second-order valence-corrected chi connectivity index (χ2v) is 5.27. The molecule has 23 heavy (non-hydrogen) atoms. The van der Waals surface area contributed by atoms with E-state index < -0.39 is 0 Å². The molecule has 4 nitrogen and oxygen atoms in total. The first-order chi connectivity index (χ1) is 11.2. The van der Waals surface area contributed by atoms with E-state index in [4.69, 9.17) is 20.8 Å². The number of halogens is 1. The van der Waals surface area contributed by atoms with Gasteiger partial charge in [-0.3, -0.25) is 4.79 Å². The van der Waals surface area contributed by atoms with Crippen molar-refractivity contribution in [2.45, 2.75) is 6.61 Å². The molecule has 0 unspecified atom stereocenters. The van der Waals surface area contributed by atoms with Gasteiger partial charge in [0.15, 0.2) is 5.76 Å². The maximum absolute atomic E-state index is 12.1. The molecule has 0 saturated heterocycles. The van der Waals surface area contributed by atoms with E-state index in [1.165, 1.54) is 0 Å². The van der Waals surface area contributed by atoms with E-state index >= 15 is 0 Å². The Labute approximate surface area is 138 Å². The van der Waals surface area contributed by atoms with Crippen LogP contribution in [0.5, 0.6) is 5.75 Å². The number of ether oxygens (including phenoxy) is 1. The summed E-state index contributed by atoms with van der Waals surface area (Å²) in [5, 5.41) is 3.35. The lowest BCUT2D eigenvalue weighted by Crippen LogP contribution is -2.10. The number of anilines is 1. The summed E-state index contributed by atoms with van der Waals surface area (Å²) in [5.41, 5.74) is 0.651. The fraction of sp³-hybridized carbons (Fsp3) is 0.0556. The van der Waals surface area contributed by atoms with Gasteiger partial charge >= 0.3 is 0 Å². The Morgan fingerprint density at radius 2 is 1.74 bits per heavy atom. The van der Waals surface area contributed by atoms with Crippen molar-refractivity contribution in [2.24, 2.45) is 0 Å². The maximum atomic E-state index is 12.1. The lowest BCUT2D eigenvalue weighted by molar-refractivity contribution is 0.0992. The van der Waals surface area contributed by atoms with Crippen molar-refractivity contribution in [3.63, 3.8) is 0 Å². The van der Waals surface area contributed by atoms with Crippen LogP contribution in [0.15, 0.2) is 71.1 Å². The average molecular weight is 328 g/mol. The van der Waals surface area contributed by atoms with Gasteiger partial charge in [-0.25, -0.2) is 0 Å². The van der Waals surface area contributed by atoms with E-state index in [0.717, 1.165) is 5.75 Å². The highest BCUT2D eigenvalue weighted by molar-refractivity contribution is 6.30. The van der Waals surface area contributed by atoms with Gasteiger partial charge in [0.05, 0.1) is 0 Å². The van der Waals surface area contributed by atoms with Crippen LogP contribution in [-0.2, 0) is 6.61 Å². The zero-order valence-corrected chi connectivity index (χ0v) is 12.9. The minimum Gasteiger partial charge on any atom is -0.486 e. The fourth-order valence-corrected chi connectivity index (χ4v) is 2.10. The highest BCUT2D eigenvalue weighted by atomic mass is 35.5. The minimum absolute atomic E-state index is 0.228. The number of carbonyl (C=O) groups excluding carboxylic acids is 1. The smallest absolute Gasteiger partial charge is 0.291 e. The molecule has 3 rings (SSSR count). The van der Waals surface area contributed by atoms with E-state index in [2.05, 4.69) is 5.32 Å². The third-order valence-electron chi connectivity index (χ3n) is 3.11. The molecule has 0 radical (unpaired) electrons. The van der Waals surface area contributed by atoms with E-state index in [9.17, 15) is 4.79 Å².